The average Bonchev–Trinajstić information content (AvgIpc) is 2.60. The van der Waals surface area contributed by atoms with Crippen LogP contribution in [0.15, 0.2) is 18.2 Å². The zero-order valence-corrected chi connectivity index (χ0v) is 14.9. The van der Waals surface area contributed by atoms with Gasteiger partial charge in [0.2, 0.25) is 5.91 Å². The van der Waals surface area contributed by atoms with Crippen LogP contribution in [0.4, 0.5) is 0 Å². The van der Waals surface area contributed by atoms with Crippen molar-refractivity contribution in [1.82, 2.24) is 5.32 Å². The molecule has 0 aromatic heterocycles. The summed E-state index contributed by atoms with van der Waals surface area (Å²) in [5.74, 6) is 0.463. The van der Waals surface area contributed by atoms with Gasteiger partial charge in [-0.2, -0.15) is 0 Å². The van der Waals surface area contributed by atoms with Crippen LogP contribution in [-0.2, 0) is 4.79 Å². The maximum Gasteiger partial charge on any atom is 0.220 e. The number of rotatable bonds is 7. The fourth-order valence-electron chi connectivity index (χ4n) is 3.58. The van der Waals surface area contributed by atoms with Crippen molar-refractivity contribution < 1.29 is 9.59 Å². The molecule has 0 spiro atoms. The lowest BCUT2D eigenvalue weighted by Gasteiger charge is -2.30. The van der Waals surface area contributed by atoms with Crippen LogP contribution in [0.2, 0.25) is 0 Å². The van der Waals surface area contributed by atoms with Gasteiger partial charge in [0.25, 0.3) is 0 Å². The highest BCUT2D eigenvalue weighted by molar-refractivity contribution is 5.99. The molecular formula is C20H30N2O2. The number of carbonyl (C=O) groups is 2. The fraction of sp³-hybridized carbons (Fsp3) is 0.600. The standard InChI is InChI=1S/C20H30N2O2/c1-14-8-9-15(2)17(12-14)19(23)10-11-20(24)22-18(13-21)16-6-4-3-5-7-16/h8-9,12,16,18H,3-7,10-11,13,21H2,1-2H3,(H,22,24). The summed E-state index contributed by atoms with van der Waals surface area (Å²) in [6, 6.07) is 5.90. The number of hydrogen-bond acceptors (Lipinski definition) is 3. The van der Waals surface area contributed by atoms with Crippen molar-refractivity contribution in [3.63, 3.8) is 0 Å². The molecule has 1 aromatic carbocycles. The van der Waals surface area contributed by atoms with Crippen LogP contribution in [-0.4, -0.2) is 24.3 Å². The third-order valence-corrected chi connectivity index (χ3v) is 5.09. The Morgan fingerprint density at radius 1 is 1.17 bits per heavy atom. The normalized spacial score (nSPS) is 16.6. The summed E-state index contributed by atoms with van der Waals surface area (Å²) in [5, 5.41) is 3.05. The van der Waals surface area contributed by atoms with Crippen molar-refractivity contribution in [2.75, 3.05) is 6.54 Å². The maximum atomic E-state index is 12.4. The van der Waals surface area contributed by atoms with Crippen LogP contribution >= 0.6 is 0 Å². The number of ketones is 1. The molecule has 0 heterocycles. The van der Waals surface area contributed by atoms with Crippen LogP contribution in [0.5, 0.6) is 0 Å². The third kappa shape index (κ3) is 5.17. The van der Waals surface area contributed by atoms with Gasteiger partial charge < -0.3 is 11.1 Å². The minimum atomic E-state index is -0.0605. The summed E-state index contributed by atoms with van der Waals surface area (Å²) in [6.45, 7) is 4.38. The van der Waals surface area contributed by atoms with Crippen molar-refractivity contribution in [3.05, 3.63) is 34.9 Å². The first-order chi connectivity index (χ1) is 11.5. The van der Waals surface area contributed by atoms with E-state index in [9.17, 15) is 9.59 Å². The van der Waals surface area contributed by atoms with Gasteiger partial charge >= 0.3 is 0 Å². The van der Waals surface area contributed by atoms with Gasteiger partial charge in [0.15, 0.2) is 5.78 Å². The Hall–Kier alpha value is -1.68. The molecule has 1 fully saturated rings. The van der Waals surface area contributed by atoms with Gasteiger partial charge in [-0.05, 0) is 44.2 Å². The molecule has 3 N–H and O–H groups in total. The van der Waals surface area contributed by atoms with Crippen LogP contribution < -0.4 is 11.1 Å². The number of hydrogen-bond donors (Lipinski definition) is 2. The molecule has 4 nitrogen and oxygen atoms in total. The topological polar surface area (TPSA) is 72.2 Å². The van der Waals surface area contributed by atoms with Gasteiger partial charge in [0.1, 0.15) is 0 Å². The van der Waals surface area contributed by atoms with Crippen LogP contribution in [0, 0.1) is 19.8 Å². The van der Waals surface area contributed by atoms with E-state index in [1.165, 1.54) is 19.3 Å². The lowest BCUT2D eigenvalue weighted by molar-refractivity contribution is -0.122. The molecule has 0 radical (unpaired) electrons. The molecule has 1 aliphatic carbocycles. The van der Waals surface area contributed by atoms with E-state index in [4.69, 9.17) is 5.73 Å². The number of aryl methyl sites for hydroxylation is 2. The summed E-state index contributed by atoms with van der Waals surface area (Å²) in [6.07, 6.45) is 6.50. The molecule has 1 amide bonds. The second kappa shape index (κ2) is 8.97. The molecule has 4 heteroatoms. The van der Waals surface area contributed by atoms with Crippen molar-refractivity contribution in [2.45, 2.75) is 64.8 Å². The van der Waals surface area contributed by atoms with Crippen LogP contribution in [0.1, 0.15) is 66.4 Å². The highest BCUT2D eigenvalue weighted by Crippen LogP contribution is 2.26. The van der Waals surface area contributed by atoms with Crippen LogP contribution in [0.3, 0.4) is 0 Å². The van der Waals surface area contributed by atoms with Crippen molar-refractivity contribution in [3.8, 4) is 0 Å². The average molecular weight is 330 g/mol. The second-order valence-corrected chi connectivity index (χ2v) is 7.05. The van der Waals surface area contributed by atoms with E-state index in [1.807, 2.05) is 32.0 Å². The smallest absolute Gasteiger partial charge is 0.220 e. The fourth-order valence-corrected chi connectivity index (χ4v) is 3.58. The van der Waals surface area contributed by atoms with Crippen LogP contribution in [0.25, 0.3) is 0 Å². The highest BCUT2D eigenvalue weighted by Gasteiger charge is 2.24. The quantitative estimate of drug-likeness (QED) is 0.754. The monoisotopic (exact) mass is 330 g/mol. The molecule has 1 unspecified atom stereocenters. The first kappa shape index (κ1) is 18.7. The van der Waals surface area contributed by atoms with E-state index in [2.05, 4.69) is 5.32 Å². The van der Waals surface area contributed by atoms with Gasteiger partial charge in [-0.1, -0.05) is 37.0 Å². The summed E-state index contributed by atoms with van der Waals surface area (Å²) in [5.41, 5.74) is 8.61. The second-order valence-electron chi connectivity index (χ2n) is 7.05. The molecule has 1 aliphatic rings. The van der Waals surface area contributed by atoms with Crippen molar-refractivity contribution in [2.24, 2.45) is 11.7 Å². The lowest BCUT2D eigenvalue weighted by Crippen LogP contribution is -2.45. The van der Waals surface area contributed by atoms with Gasteiger partial charge in [-0.25, -0.2) is 0 Å². The maximum absolute atomic E-state index is 12.4. The minimum absolute atomic E-state index is 0.0355. The minimum Gasteiger partial charge on any atom is -0.352 e. The van der Waals surface area contributed by atoms with E-state index in [-0.39, 0.29) is 30.6 Å². The molecule has 0 aliphatic heterocycles. The molecule has 1 saturated carbocycles. The first-order valence-electron chi connectivity index (χ1n) is 9.11. The van der Waals surface area contributed by atoms with Crippen molar-refractivity contribution >= 4 is 11.7 Å². The Kier molecular flexibility index (Phi) is 6.98. The van der Waals surface area contributed by atoms with E-state index in [1.54, 1.807) is 0 Å². The van der Waals surface area contributed by atoms with E-state index in [0.29, 0.717) is 12.5 Å². The predicted octanol–water partition coefficient (Wildman–Crippen LogP) is 3.29. The SMILES string of the molecule is Cc1ccc(C)c(C(=O)CCC(=O)NC(CN)C2CCCCC2)c1. The number of amides is 1. The van der Waals surface area contributed by atoms with E-state index < -0.39 is 0 Å². The third-order valence-electron chi connectivity index (χ3n) is 5.09. The number of nitrogens with two attached hydrogens (primary N) is 1. The predicted molar refractivity (Wildman–Crippen MR) is 97.0 cm³/mol. The summed E-state index contributed by atoms with van der Waals surface area (Å²) in [4.78, 5) is 24.6. The summed E-state index contributed by atoms with van der Waals surface area (Å²) >= 11 is 0. The first-order valence-corrected chi connectivity index (χ1v) is 9.11. The Bertz CT molecular complexity index is 577. The summed E-state index contributed by atoms with van der Waals surface area (Å²) < 4.78 is 0. The number of benzene rings is 1. The zero-order valence-electron chi connectivity index (χ0n) is 14.9. The molecule has 24 heavy (non-hydrogen) atoms. The molecular weight excluding hydrogens is 300 g/mol. The Morgan fingerprint density at radius 2 is 1.88 bits per heavy atom. The van der Waals surface area contributed by atoms with E-state index in [0.717, 1.165) is 29.5 Å². The zero-order chi connectivity index (χ0) is 17.5. The van der Waals surface area contributed by atoms with Gasteiger partial charge in [-0.15, -0.1) is 0 Å². The molecule has 2 rings (SSSR count). The molecule has 1 atom stereocenters. The summed E-state index contributed by atoms with van der Waals surface area (Å²) in [7, 11) is 0. The van der Waals surface area contributed by atoms with Crippen molar-refractivity contribution in [1.29, 1.82) is 0 Å². The van der Waals surface area contributed by atoms with E-state index >= 15 is 0 Å². The largest absolute Gasteiger partial charge is 0.352 e. The van der Waals surface area contributed by atoms with Gasteiger partial charge in [0.05, 0.1) is 0 Å². The molecule has 0 bridgehead atoms. The number of Topliss-reactive ketones (excluding diaryl/α,β-unsaturated/α-hetero) is 1. The molecule has 0 saturated heterocycles. The van der Waals surface area contributed by atoms with Gasteiger partial charge in [0, 0.05) is 31.0 Å². The Morgan fingerprint density at radius 3 is 2.54 bits per heavy atom. The lowest BCUT2D eigenvalue weighted by atomic mass is 9.84. The molecule has 1 aromatic rings. The highest BCUT2D eigenvalue weighted by atomic mass is 16.2. The number of carbonyl (C=O) groups excluding carboxylic acids is 2. The number of nitrogens with one attached hydrogen (secondary N) is 1. The molecule has 132 valence electrons. The Labute approximate surface area is 145 Å². The van der Waals surface area contributed by atoms with Gasteiger partial charge in [-0.3, -0.25) is 9.59 Å². The Balaban J connectivity index is 1.85.